The Morgan fingerprint density at radius 3 is 2.81 bits per heavy atom. The number of thiazole rings is 1. The van der Waals surface area contributed by atoms with Crippen LogP contribution < -0.4 is 4.90 Å². The summed E-state index contributed by atoms with van der Waals surface area (Å²) in [5, 5.41) is 19.0. The van der Waals surface area contributed by atoms with Gasteiger partial charge < -0.3 is 5.11 Å². The molecule has 0 unspecified atom stereocenters. The van der Waals surface area contributed by atoms with Crippen molar-refractivity contribution in [3.8, 4) is 0 Å². The van der Waals surface area contributed by atoms with E-state index in [0.29, 0.717) is 17.2 Å². The van der Waals surface area contributed by atoms with Crippen LogP contribution in [0.15, 0.2) is 41.7 Å². The Morgan fingerprint density at radius 2 is 2.08 bits per heavy atom. The highest BCUT2D eigenvalue weighted by Gasteiger charge is 2.29. The van der Waals surface area contributed by atoms with E-state index in [1.54, 1.807) is 29.2 Å². The second kappa shape index (κ2) is 6.04. The Kier molecular flexibility index (Phi) is 3.69. The number of aryl methyl sites for hydroxylation is 1. The van der Waals surface area contributed by atoms with Gasteiger partial charge in [-0.05, 0) is 12.1 Å². The minimum atomic E-state index is -1.23. The molecule has 0 fully saturated rings. The lowest BCUT2D eigenvalue weighted by Gasteiger charge is -2.20. The van der Waals surface area contributed by atoms with Gasteiger partial charge in [-0.3, -0.25) is 14.4 Å². The summed E-state index contributed by atoms with van der Waals surface area (Å²) >= 11 is 1.32. The van der Waals surface area contributed by atoms with Crippen LogP contribution in [0.4, 0.5) is 11.5 Å². The Labute approximate surface area is 150 Å². The molecule has 0 saturated heterocycles. The molecular formula is C15H11N7O3S. The highest BCUT2D eigenvalue weighted by atomic mass is 32.1. The van der Waals surface area contributed by atoms with Crippen molar-refractivity contribution in [1.29, 1.82) is 0 Å². The van der Waals surface area contributed by atoms with Gasteiger partial charge in [-0.2, -0.15) is 10.2 Å². The third-order valence-electron chi connectivity index (χ3n) is 3.74. The molecule has 1 amide bonds. The maximum absolute atomic E-state index is 13.2. The molecule has 0 bridgehead atoms. The molecule has 4 rings (SSSR count). The summed E-state index contributed by atoms with van der Waals surface area (Å²) in [5.41, 5.74) is 2.44. The highest BCUT2D eigenvalue weighted by molar-refractivity contribution is 7.08. The quantitative estimate of drug-likeness (QED) is 0.580. The van der Waals surface area contributed by atoms with E-state index >= 15 is 0 Å². The van der Waals surface area contributed by atoms with Crippen LogP contribution in [0.1, 0.15) is 20.8 Å². The molecule has 4 heterocycles. The second-order valence-electron chi connectivity index (χ2n) is 5.27. The number of pyridine rings is 1. The number of hydrogen-bond acceptors (Lipinski definition) is 7. The molecule has 1 N–H and O–H groups in total. The fourth-order valence-electron chi connectivity index (χ4n) is 2.56. The van der Waals surface area contributed by atoms with Crippen LogP contribution >= 0.6 is 11.3 Å². The third kappa shape index (κ3) is 2.50. The van der Waals surface area contributed by atoms with Gasteiger partial charge in [0.2, 0.25) is 0 Å². The number of fused-ring (bicyclic) bond motifs is 1. The fraction of sp³-hybridized carbons (Fsp3) is 0.0667. The summed E-state index contributed by atoms with van der Waals surface area (Å²) in [7, 11) is 1.51. The van der Waals surface area contributed by atoms with Crippen LogP contribution in [0.5, 0.6) is 0 Å². The van der Waals surface area contributed by atoms with Crippen molar-refractivity contribution in [2.24, 2.45) is 7.05 Å². The molecule has 0 radical (unpaired) electrons. The lowest BCUT2D eigenvalue weighted by atomic mass is 10.2. The smallest absolute Gasteiger partial charge is 0.339 e. The van der Waals surface area contributed by atoms with E-state index in [-0.39, 0.29) is 11.3 Å². The van der Waals surface area contributed by atoms with E-state index in [4.69, 9.17) is 0 Å². The standard InChI is InChI=1S/C15H11N7O3S/c1-20-13(10(4-18-20)15(24)25)14(23)22(12-6-26-8-17-12)9-2-3-11-16-7-19-21(11)5-9/h2-8H,1H3,(H,24,25). The van der Waals surface area contributed by atoms with Gasteiger partial charge in [-0.15, -0.1) is 11.3 Å². The zero-order valence-electron chi connectivity index (χ0n) is 13.3. The number of carboxylic acid groups (broad SMARTS) is 1. The third-order valence-corrected chi connectivity index (χ3v) is 4.31. The van der Waals surface area contributed by atoms with Crippen molar-refractivity contribution in [3.05, 3.63) is 53.0 Å². The number of carbonyl (C=O) groups is 2. The molecule has 0 saturated carbocycles. The summed E-state index contributed by atoms with van der Waals surface area (Å²) in [6.07, 6.45) is 4.17. The fourth-order valence-corrected chi connectivity index (χ4v) is 3.08. The molecule has 0 aliphatic carbocycles. The van der Waals surface area contributed by atoms with E-state index in [2.05, 4.69) is 20.2 Å². The van der Waals surface area contributed by atoms with Gasteiger partial charge in [0.05, 0.1) is 23.6 Å². The topological polar surface area (TPSA) is 119 Å². The molecule has 0 aliphatic heterocycles. The second-order valence-corrected chi connectivity index (χ2v) is 5.99. The number of anilines is 2. The molecule has 11 heteroatoms. The van der Waals surface area contributed by atoms with Crippen LogP contribution in [-0.4, -0.2) is 46.3 Å². The summed E-state index contributed by atoms with van der Waals surface area (Å²) in [5.74, 6) is -1.42. The zero-order valence-corrected chi connectivity index (χ0v) is 14.2. The summed E-state index contributed by atoms with van der Waals surface area (Å²) < 4.78 is 2.75. The van der Waals surface area contributed by atoms with E-state index < -0.39 is 11.9 Å². The molecular weight excluding hydrogens is 358 g/mol. The molecule has 0 atom stereocenters. The average Bonchev–Trinajstić information content (AvgIpc) is 3.34. The first-order valence-corrected chi connectivity index (χ1v) is 8.28. The van der Waals surface area contributed by atoms with E-state index in [1.807, 2.05) is 0 Å². The van der Waals surface area contributed by atoms with E-state index in [1.165, 1.54) is 38.8 Å². The van der Waals surface area contributed by atoms with E-state index in [0.717, 1.165) is 6.20 Å². The molecule has 10 nitrogen and oxygen atoms in total. The minimum Gasteiger partial charge on any atom is -0.478 e. The van der Waals surface area contributed by atoms with Gasteiger partial charge in [0.15, 0.2) is 11.5 Å². The number of rotatable bonds is 4. The Balaban J connectivity index is 1.88. The summed E-state index contributed by atoms with van der Waals surface area (Å²) in [6, 6.07) is 3.40. The zero-order chi connectivity index (χ0) is 18.3. The number of aromatic carboxylic acids is 1. The average molecular weight is 369 g/mol. The highest BCUT2D eigenvalue weighted by Crippen LogP contribution is 2.28. The van der Waals surface area contributed by atoms with Crippen molar-refractivity contribution >= 4 is 40.4 Å². The molecule has 4 aromatic heterocycles. The lowest BCUT2D eigenvalue weighted by molar-refractivity contribution is 0.0691. The van der Waals surface area contributed by atoms with Gasteiger partial charge in [0.25, 0.3) is 5.91 Å². The Morgan fingerprint density at radius 1 is 1.23 bits per heavy atom. The summed E-state index contributed by atoms with van der Waals surface area (Å²) in [6.45, 7) is 0. The van der Waals surface area contributed by atoms with Crippen molar-refractivity contribution < 1.29 is 14.7 Å². The van der Waals surface area contributed by atoms with E-state index in [9.17, 15) is 14.7 Å². The van der Waals surface area contributed by atoms with Crippen LogP contribution in [0.2, 0.25) is 0 Å². The first-order valence-electron chi connectivity index (χ1n) is 7.33. The van der Waals surface area contributed by atoms with Gasteiger partial charge in [0, 0.05) is 12.4 Å². The number of hydrogen-bond donors (Lipinski definition) is 1. The Hall–Kier alpha value is -3.60. The largest absolute Gasteiger partial charge is 0.478 e. The maximum atomic E-state index is 13.2. The Bertz CT molecular complexity index is 1120. The minimum absolute atomic E-state index is 0.0517. The van der Waals surface area contributed by atoms with Gasteiger partial charge in [-0.25, -0.2) is 19.3 Å². The van der Waals surface area contributed by atoms with Gasteiger partial charge in [0.1, 0.15) is 17.6 Å². The normalized spacial score (nSPS) is 11.0. The van der Waals surface area contributed by atoms with Gasteiger partial charge in [-0.1, -0.05) is 0 Å². The predicted octanol–water partition coefficient (Wildman–Crippen LogP) is 1.60. The van der Waals surface area contributed by atoms with Crippen molar-refractivity contribution in [1.82, 2.24) is 29.4 Å². The van der Waals surface area contributed by atoms with Crippen LogP contribution in [0.25, 0.3) is 5.65 Å². The maximum Gasteiger partial charge on any atom is 0.339 e. The van der Waals surface area contributed by atoms with Crippen molar-refractivity contribution in [2.45, 2.75) is 0 Å². The molecule has 0 aromatic carbocycles. The molecule has 4 aromatic rings. The number of aromatic nitrogens is 6. The summed E-state index contributed by atoms with van der Waals surface area (Å²) in [4.78, 5) is 34.3. The predicted molar refractivity (Wildman–Crippen MR) is 91.7 cm³/mol. The van der Waals surface area contributed by atoms with Crippen LogP contribution in [0.3, 0.4) is 0 Å². The lowest BCUT2D eigenvalue weighted by Crippen LogP contribution is -2.30. The number of carbonyl (C=O) groups excluding carboxylic acids is 1. The first kappa shape index (κ1) is 15.9. The van der Waals surface area contributed by atoms with Crippen molar-refractivity contribution in [3.63, 3.8) is 0 Å². The molecule has 0 spiro atoms. The van der Waals surface area contributed by atoms with Crippen molar-refractivity contribution in [2.75, 3.05) is 4.90 Å². The molecule has 130 valence electrons. The number of carboxylic acids is 1. The monoisotopic (exact) mass is 369 g/mol. The van der Waals surface area contributed by atoms with Crippen LogP contribution in [0, 0.1) is 0 Å². The SMILES string of the molecule is Cn1ncc(C(=O)O)c1C(=O)N(c1ccc2ncnn2c1)c1cscn1. The molecule has 26 heavy (non-hydrogen) atoms. The van der Waals surface area contributed by atoms with Gasteiger partial charge >= 0.3 is 5.97 Å². The number of amides is 1. The van der Waals surface area contributed by atoms with Crippen LogP contribution in [-0.2, 0) is 7.05 Å². The molecule has 0 aliphatic rings. The first-order chi connectivity index (χ1) is 12.6. The number of nitrogens with zero attached hydrogens (tertiary/aromatic N) is 7.